The fourth-order valence-electron chi connectivity index (χ4n) is 1.72. The number of carbonyl (C=O) groups is 1. The second-order valence-electron chi connectivity index (χ2n) is 4.51. The number of esters is 1. The van der Waals surface area contributed by atoms with Crippen molar-refractivity contribution in [2.75, 3.05) is 31.0 Å². The van der Waals surface area contributed by atoms with Crippen molar-refractivity contribution in [3.63, 3.8) is 0 Å². The largest absolute Gasteiger partial charge is 0.465 e. The molecule has 0 spiro atoms. The van der Waals surface area contributed by atoms with E-state index in [4.69, 9.17) is 10.5 Å². The fraction of sp³-hybridized carbons (Fsp3) is 0.500. The van der Waals surface area contributed by atoms with E-state index in [1.54, 1.807) is 6.07 Å². The normalized spacial score (nSPS) is 12.0. The Balaban J connectivity index is 2.80. The number of thioether (sulfide) groups is 1. The highest BCUT2D eigenvalue weighted by atomic mass is 32.2. The van der Waals surface area contributed by atoms with Gasteiger partial charge < -0.3 is 15.8 Å². The second-order valence-corrected chi connectivity index (χ2v) is 5.78. The van der Waals surface area contributed by atoms with Gasteiger partial charge in [-0.3, -0.25) is 0 Å². The first-order valence-electron chi connectivity index (χ1n) is 6.24. The number of aryl methyl sites for hydroxylation is 1. The van der Waals surface area contributed by atoms with Crippen molar-refractivity contribution < 1.29 is 9.53 Å². The van der Waals surface area contributed by atoms with E-state index >= 15 is 0 Å². The Morgan fingerprint density at radius 1 is 1.53 bits per heavy atom. The molecule has 0 amide bonds. The molecule has 4 nitrogen and oxygen atoms in total. The maximum absolute atomic E-state index is 11.6. The SMILES string of the molecule is COC(=O)c1cc(NCCC(C)SC)cc(C)c1N. The second kappa shape index (κ2) is 7.28. The first-order chi connectivity index (χ1) is 8.99. The van der Waals surface area contributed by atoms with Gasteiger partial charge in [0.1, 0.15) is 0 Å². The summed E-state index contributed by atoms with van der Waals surface area (Å²) in [6, 6.07) is 3.70. The van der Waals surface area contributed by atoms with Gasteiger partial charge in [-0.1, -0.05) is 6.92 Å². The summed E-state index contributed by atoms with van der Waals surface area (Å²) in [6.45, 7) is 4.95. The predicted molar refractivity (Wildman–Crippen MR) is 83.0 cm³/mol. The molecule has 0 radical (unpaired) electrons. The lowest BCUT2D eigenvalue weighted by Crippen LogP contribution is -2.11. The molecule has 0 bridgehead atoms. The number of carbonyl (C=O) groups excluding carboxylic acids is 1. The molecule has 0 saturated heterocycles. The van der Waals surface area contributed by atoms with Crippen LogP contribution in [0, 0.1) is 6.92 Å². The minimum Gasteiger partial charge on any atom is -0.465 e. The number of benzene rings is 1. The van der Waals surface area contributed by atoms with Crippen LogP contribution in [0.5, 0.6) is 0 Å². The molecular formula is C14H22N2O2S. The minimum atomic E-state index is -0.401. The summed E-state index contributed by atoms with van der Waals surface area (Å²) in [5.74, 6) is -0.401. The Labute approximate surface area is 119 Å². The third kappa shape index (κ3) is 4.35. The number of rotatable bonds is 6. The summed E-state index contributed by atoms with van der Waals surface area (Å²) in [4.78, 5) is 11.6. The van der Waals surface area contributed by atoms with E-state index in [1.807, 2.05) is 24.8 Å². The van der Waals surface area contributed by atoms with Crippen molar-refractivity contribution in [1.29, 1.82) is 0 Å². The summed E-state index contributed by atoms with van der Waals surface area (Å²) in [6.07, 6.45) is 3.17. The van der Waals surface area contributed by atoms with Crippen LogP contribution in [-0.4, -0.2) is 31.1 Å². The van der Waals surface area contributed by atoms with E-state index in [0.29, 0.717) is 16.5 Å². The van der Waals surface area contributed by atoms with Crippen LogP contribution in [0.25, 0.3) is 0 Å². The molecule has 5 heteroatoms. The van der Waals surface area contributed by atoms with E-state index in [9.17, 15) is 4.79 Å². The first-order valence-corrected chi connectivity index (χ1v) is 7.53. The van der Waals surface area contributed by atoms with Gasteiger partial charge in [0.2, 0.25) is 0 Å². The first kappa shape index (κ1) is 15.7. The average molecular weight is 282 g/mol. The maximum atomic E-state index is 11.6. The smallest absolute Gasteiger partial charge is 0.340 e. The van der Waals surface area contributed by atoms with Crippen LogP contribution in [-0.2, 0) is 4.74 Å². The van der Waals surface area contributed by atoms with Gasteiger partial charge in [0.25, 0.3) is 0 Å². The molecule has 1 rings (SSSR count). The monoisotopic (exact) mass is 282 g/mol. The van der Waals surface area contributed by atoms with E-state index in [0.717, 1.165) is 24.2 Å². The van der Waals surface area contributed by atoms with Gasteiger partial charge in [-0.2, -0.15) is 11.8 Å². The van der Waals surface area contributed by atoms with E-state index in [1.165, 1.54) is 7.11 Å². The number of nitrogens with two attached hydrogens (primary N) is 1. The third-order valence-electron chi connectivity index (χ3n) is 3.07. The summed E-state index contributed by atoms with van der Waals surface area (Å²) in [5.41, 5.74) is 8.58. The Kier molecular flexibility index (Phi) is 6.02. The highest BCUT2D eigenvalue weighted by molar-refractivity contribution is 7.99. The van der Waals surface area contributed by atoms with Crippen molar-refractivity contribution in [2.45, 2.75) is 25.5 Å². The Hall–Kier alpha value is -1.36. The molecule has 3 N–H and O–H groups in total. The quantitative estimate of drug-likeness (QED) is 0.620. The van der Waals surface area contributed by atoms with Crippen molar-refractivity contribution >= 4 is 29.1 Å². The Morgan fingerprint density at radius 2 is 2.21 bits per heavy atom. The van der Waals surface area contributed by atoms with Crippen LogP contribution in [0.3, 0.4) is 0 Å². The van der Waals surface area contributed by atoms with Crippen molar-refractivity contribution in [2.24, 2.45) is 0 Å². The minimum absolute atomic E-state index is 0.401. The van der Waals surface area contributed by atoms with Gasteiger partial charge in [-0.15, -0.1) is 0 Å². The number of nitrogens with one attached hydrogen (secondary N) is 1. The molecule has 0 fully saturated rings. The zero-order valence-corrected chi connectivity index (χ0v) is 12.8. The van der Waals surface area contributed by atoms with Crippen LogP contribution < -0.4 is 11.1 Å². The molecule has 0 aliphatic carbocycles. The Bertz CT molecular complexity index is 449. The van der Waals surface area contributed by atoms with Gasteiger partial charge in [0, 0.05) is 23.2 Å². The third-order valence-corrected chi connectivity index (χ3v) is 4.11. The Morgan fingerprint density at radius 3 is 2.79 bits per heavy atom. The van der Waals surface area contributed by atoms with Gasteiger partial charge in [-0.05, 0) is 37.3 Å². The fourth-order valence-corrected chi connectivity index (χ4v) is 2.07. The molecule has 0 saturated carbocycles. The van der Waals surface area contributed by atoms with Crippen LogP contribution >= 0.6 is 11.8 Å². The lowest BCUT2D eigenvalue weighted by Gasteiger charge is -2.13. The molecule has 1 unspecified atom stereocenters. The van der Waals surface area contributed by atoms with Crippen molar-refractivity contribution in [3.8, 4) is 0 Å². The lowest BCUT2D eigenvalue weighted by atomic mass is 10.1. The lowest BCUT2D eigenvalue weighted by molar-refractivity contribution is 0.0602. The molecule has 0 aromatic heterocycles. The van der Waals surface area contributed by atoms with Crippen molar-refractivity contribution in [1.82, 2.24) is 0 Å². The molecular weight excluding hydrogens is 260 g/mol. The molecule has 1 aromatic rings. The van der Waals surface area contributed by atoms with Crippen LogP contribution in [0.2, 0.25) is 0 Å². The van der Waals surface area contributed by atoms with Crippen LogP contribution in [0.4, 0.5) is 11.4 Å². The molecule has 0 aliphatic heterocycles. The zero-order valence-electron chi connectivity index (χ0n) is 11.9. The van der Waals surface area contributed by atoms with Gasteiger partial charge in [0.15, 0.2) is 0 Å². The van der Waals surface area contributed by atoms with Crippen LogP contribution in [0.15, 0.2) is 12.1 Å². The highest BCUT2D eigenvalue weighted by Crippen LogP contribution is 2.23. The van der Waals surface area contributed by atoms with Crippen LogP contribution in [0.1, 0.15) is 29.3 Å². The summed E-state index contributed by atoms with van der Waals surface area (Å²) >= 11 is 1.84. The topological polar surface area (TPSA) is 64.3 Å². The maximum Gasteiger partial charge on any atom is 0.340 e. The predicted octanol–water partition coefficient (Wildman–Crippen LogP) is 2.92. The van der Waals surface area contributed by atoms with E-state index < -0.39 is 5.97 Å². The van der Waals surface area contributed by atoms with E-state index in [2.05, 4.69) is 18.5 Å². The molecule has 1 atom stereocenters. The summed E-state index contributed by atoms with van der Waals surface area (Å²) < 4.78 is 4.74. The summed E-state index contributed by atoms with van der Waals surface area (Å²) in [7, 11) is 1.36. The molecule has 0 aliphatic rings. The molecule has 1 aromatic carbocycles. The average Bonchev–Trinajstić information content (AvgIpc) is 2.41. The number of hydrogen-bond acceptors (Lipinski definition) is 5. The molecule has 0 heterocycles. The molecule has 106 valence electrons. The number of ether oxygens (including phenoxy) is 1. The zero-order chi connectivity index (χ0) is 14.4. The van der Waals surface area contributed by atoms with Gasteiger partial charge >= 0.3 is 5.97 Å². The number of anilines is 2. The number of methoxy groups -OCH3 is 1. The number of hydrogen-bond donors (Lipinski definition) is 2. The summed E-state index contributed by atoms with van der Waals surface area (Å²) in [5, 5.41) is 3.93. The highest BCUT2D eigenvalue weighted by Gasteiger charge is 2.13. The van der Waals surface area contributed by atoms with Gasteiger partial charge in [-0.25, -0.2) is 4.79 Å². The van der Waals surface area contributed by atoms with E-state index in [-0.39, 0.29) is 0 Å². The molecule has 19 heavy (non-hydrogen) atoms. The number of nitrogen functional groups attached to an aromatic ring is 1. The van der Waals surface area contributed by atoms with Gasteiger partial charge in [0.05, 0.1) is 12.7 Å². The standard InChI is InChI=1S/C14H22N2O2S/c1-9-7-11(16-6-5-10(2)19-4)8-12(13(9)15)14(17)18-3/h7-8,10,16H,5-6,15H2,1-4H3. The van der Waals surface area contributed by atoms with Crippen molar-refractivity contribution in [3.05, 3.63) is 23.3 Å².